The van der Waals surface area contributed by atoms with Crippen LogP contribution in [-0.2, 0) is 0 Å². The topological polar surface area (TPSA) is 48.8 Å². The Morgan fingerprint density at radius 1 is 0.487 bits per heavy atom. The first-order chi connectivity index (χ1) is 19.4. The number of hydrogen-bond donors (Lipinski definition) is 0. The molecule has 0 fully saturated rings. The van der Waals surface area contributed by atoms with Gasteiger partial charge in [0.2, 0.25) is 5.71 Å². The van der Waals surface area contributed by atoms with Crippen LogP contribution in [0, 0.1) is 0 Å². The number of para-hydroxylation sites is 4. The van der Waals surface area contributed by atoms with Gasteiger partial charge in [0.05, 0.1) is 39.3 Å². The summed E-state index contributed by atoms with van der Waals surface area (Å²) >= 11 is 0. The molecule has 5 aromatic heterocycles. The summed E-state index contributed by atoms with van der Waals surface area (Å²) in [6.45, 7) is 0. The average Bonchev–Trinajstić information content (AvgIpc) is 3.65. The minimum atomic E-state index is 0.601. The molecule has 0 spiro atoms. The Labute approximate surface area is 222 Å². The van der Waals surface area contributed by atoms with Gasteiger partial charge in [-0.1, -0.05) is 72.8 Å². The standard InChI is InChI=1S/C34H20N4O/c1-5-13-28-22(9-1)23-10-2-6-14-29(23)37(28)21-19-27-26-17-18-35-33(32(26)39-34(27)36-20-21)38-30-15-7-3-11-24(30)25-12-4-8-16-31(25)38/h1-20H. The molecule has 9 aromatic rings. The zero-order valence-corrected chi connectivity index (χ0v) is 20.7. The minimum Gasteiger partial charge on any atom is -0.434 e. The molecule has 0 amide bonds. The molecule has 0 saturated carbocycles. The van der Waals surface area contributed by atoms with Crippen molar-refractivity contribution in [1.29, 1.82) is 0 Å². The lowest BCUT2D eigenvalue weighted by atomic mass is 10.2. The van der Waals surface area contributed by atoms with Crippen LogP contribution in [0.5, 0.6) is 0 Å². The first kappa shape index (κ1) is 20.6. The lowest BCUT2D eigenvalue weighted by molar-refractivity contribution is 0.649. The number of furan rings is 1. The Balaban J connectivity index is 1.34. The maximum absolute atomic E-state index is 6.45. The van der Waals surface area contributed by atoms with Gasteiger partial charge < -0.3 is 8.98 Å². The first-order valence-corrected chi connectivity index (χ1v) is 13.0. The zero-order valence-electron chi connectivity index (χ0n) is 20.7. The van der Waals surface area contributed by atoms with E-state index in [1.165, 1.54) is 21.5 Å². The van der Waals surface area contributed by atoms with Gasteiger partial charge in [-0.05, 0) is 36.4 Å². The fourth-order valence-corrected chi connectivity index (χ4v) is 6.20. The molecule has 0 bridgehead atoms. The Morgan fingerprint density at radius 3 is 1.56 bits per heavy atom. The predicted octanol–water partition coefficient (Wildman–Crippen LogP) is 8.57. The summed E-state index contributed by atoms with van der Waals surface area (Å²) in [7, 11) is 0. The van der Waals surface area contributed by atoms with Crippen molar-refractivity contribution < 1.29 is 4.42 Å². The van der Waals surface area contributed by atoms with Crippen molar-refractivity contribution in [2.24, 2.45) is 0 Å². The molecular formula is C34H20N4O. The van der Waals surface area contributed by atoms with E-state index in [2.05, 4.69) is 112 Å². The molecular weight excluding hydrogens is 480 g/mol. The Morgan fingerprint density at radius 2 is 1.00 bits per heavy atom. The Bertz CT molecular complexity index is 2300. The van der Waals surface area contributed by atoms with E-state index in [4.69, 9.17) is 14.4 Å². The molecule has 0 aliphatic heterocycles. The fourth-order valence-electron chi connectivity index (χ4n) is 6.20. The van der Waals surface area contributed by atoms with E-state index in [1.54, 1.807) is 0 Å². The van der Waals surface area contributed by atoms with Gasteiger partial charge >= 0.3 is 0 Å². The number of fused-ring (bicyclic) bond motifs is 9. The number of hydrogen-bond acceptors (Lipinski definition) is 3. The van der Waals surface area contributed by atoms with Crippen LogP contribution < -0.4 is 0 Å². The SMILES string of the molecule is c1ccc2c(c1)c1ccccc1n2-c1cnc2oc3c(-n4c5ccccc5c5ccccc54)nccc3c2c1. The Kier molecular flexibility index (Phi) is 3.99. The second-order valence-electron chi connectivity index (χ2n) is 9.90. The maximum atomic E-state index is 6.45. The molecule has 0 N–H and O–H groups in total. The van der Waals surface area contributed by atoms with E-state index < -0.39 is 0 Å². The average molecular weight is 501 g/mol. The molecule has 5 heterocycles. The molecule has 0 saturated heterocycles. The summed E-state index contributed by atoms with van der Waals surface area (Å²) in [5.74, 6) is 0.765. The summed E-state index contributed by atoms with van der Waals surface area (Å²) in [5, 5.41) is 6.79. The molecule has 4 aromatic carbocycles. The molecule has 0 radical (unpaired) electrons. The molecule has 0 aliphatic carbocycles. The van der Waals surface area contributed by atoms with Crippen molar-refractivity contribution >= 4 is 65.7 Å². The van der Waals surface area contributed by atoms with E-state index in [1.807, 2.05) is 18.5 Å². The van der Waals surface area contributed by atoms with Crippen LogP contribution in [0.2, 0.25) is 0 Å². The van der Waals surface area contributed by atoms with E-state index >= 15 is 0 Å². The highest BCUT2D eigenvalue weighted by Crippen LogP contribution is 2.38. The van der Waals surface area contributed by atoms with Crippen molar-refractivity contribution in [2.45, 2.75) is 0 Å². The molecule has 39 heavy (non-hydrogen) atoms. The summed E-state index contributed by atoms with van der Waals surface area (Å²) in [5.41, 5.74) is 6.82. The normalized spacial score (nSPS) is 12.1. The summed E-state index contributed by atoms with van der Waals surface area (Å²) in [6.07, 6.45) is 3.76. The van der Waals surface area contributed by atoms with Gasteiger partial charge in [0.25, 0.3) is 0 Å². The smallest absolute Gasteiger partial charge is 0.227 e. The van der Waals surface area contributed by atoms with Gasteiger partial charge in [0.1, 0.15) is 0 Å². The minimum absolute atomic E-state index is 0.601. The lowest BCUT2D eigenvalue weighted by Gasteiger charge is -2.07. The molecule has 0 unspecified atom stereocenters. The van der Waals surface area contributed by atoms with E-state index in [9.17, 15) is 0 Å². The van der Waals surface area contributed by atoms with Crippen LogP contribution in [-0.4, -0.2) is 19.1 Å². The van der Waals surface area contributed by atoms with Gasteiger partial charge in [-0.15, -0.1) is 0 Å². The number of aromatic nitrogens is 4. The van der Waals surface area contributed by atoms with Gasteiger partial charge in [0, 0.05) is 33.1 Å². The number of nitrogens with zero attached hydrogens (tertiary/aromatic N) is 4. The van der Waals surface area contributed by atoms with E-state index in [-0.39, 0.29) is 0 Å². The molecule has 5 heteroatoms. The van der Waals surface area contributed by atoms with Crippen LogP contribution in [0.25, 0.3) is 77.2 Å². The molecule has 5 nitrogen and oxygen atoms in total. The second-order valence-corrected chi connectivity index (χ2v) is 9.90. The first-order valence-electron chi connectivity index (χ1n) is 13.0. The van der Waals surface area contributed by atoms with Gasteiger partial charge in [-0.3, -0.25) is 4.57 Å². The highest BCUT2D eigenvalue weighted by atomic mass is 16.3. The summed E-state index contributed by atoms with van der Waals surface area (Å²) in [4.78, 5) is 9.65. The van der Waals surface area contributed by atoms with Crippen molar-refractivity contribution in [2.75, 3.05) is 0 Å². The summed E-state index contributed by atoms with van der Waals surface area (Å²) < 4.78 is 10.9. The van der Waals surface area contributed by atoms with Crippen molar-refractivity contribution in [1.82, 2.24) is 19.1 Å². The van der Waals surface area contributed by atoms with Gasteiger partial charge in [0.15, 0.2) is 11.4 Å². The molecule has 9 rings (SSSR count). The number of pyridine rings is 2. The van der Waals surface area contributed by atoms with Crippen molar-refractivity contribution in [3.8, 4) is 11.5 Å². The highest BCUT2D eigenvalue weighted by Gasteiger charge is 2.20. The Hall–Kier alpha value is -5.42. The molecule has 0 atom stereocenters. The third-order valence-electron chi connectivity index (χ3n) is 7.84. The second kappa shape index (κ2) is 7.55. The van der Waals surface area contributed by atoms with Gasteiger partial charge in [-0.2, -0.15) is 0 Å². The van der Waals surface area contributed by atoms with Crippen LogP contribution in [0.15, 0.2) is 126 Å². The van der Waals surface area contributed by atoms with Crippen LogP contribution in [0.3, 0.4) is 0 Å². The molecule has 182 valence electrons. The van der Waals surface area contributed by atoms with Gasteiger partial charge in [-0.25, -0.2) is 9.97 Å². The van der Waals surface area contributed by atoms with Crippen LogP contribution >= 0.6 is 0 Å². The summed E-state index contributed by atoms with van der Waals surface area (Å²) in [6, 6.07) is 38.1. The quantitative estimate of drug-likeness (QED) is 0.239. The third kappa shape index (κ3) is 2.73. The molecule has 0 aliphatic rings. The van der Waals surface area contributed by atoms with E-state index in [0.717, 1.165) is 49.9 Å². The maximum Gasteiger partial charge on any atom is 0.227 e. The lowest BCUT2D eigenvalue weighted by Crippen LogP contribution is -1.97. The number of benzene rings is 4. The van der Waals surface area contributed by atoms with E-state index in [0.29, 0.717) is 5.71 Å². The van der Waals surface area contributed by atoms with Crippen LogP contribution in [0.4, 0.5) is 0 Å². The fraction of sp³-hybridized carbons (Fsp3) is 0. The van der Waals surface area contributed by atoms with Crippen molar-refractivity contribution in [3.05, 3.63) is 122 Å². The van der Waals surface area contributed by atoms with Crippen LogP contribution in [0.1, 0.15) is 0 Å². The monoisotopic (exact) mass is 500 g/mol. The van der Waals surface area contributed by atoms with Crippen molar-refractivity contribution in [3.63, 3.8) is 0 Å². The number of rotatable bonds is 2. The third-order valence-corrected chi connectivity index (χ3v) is 7.84. The zero-order chi connectivity index (χ0) is 25.5. The predicted molar refractivity (Wildman–Crippen MR) is 158 cm³/mol. The highest BCUT2D eigenvalue weighted by molar-refractivity contribution is 6.13. The largest absolute Gasteiger partial charge is 0.434 e.